The number of H-pyrrole nitrogens is 1. The molecule has 0 saturated carbocycles. The molecule has 0 unspecified atom stereocenters. The van der Waals surface area contributed by atoms with Gasteiger partial charge in [0.25, 0.3) is 0 Å². The van der Waals surface area contributed by atoms with E-state index in [-0.39, 0.29) is 12.1 Å². The summed E-state index contributed by atoms with van der Waals surface area (Å²) in [5.41, 5.74) is 2.81. The molecule has 0 radical (unpaired) electrons. The van der Waals surface area contributed by atoms with Crippen molar-refractivity contribution in [1.82, 2.24) is 20.5 Å². The first-order chi connectivity index (χ1) is 18.7. The molecule has 2 aromatic heterocycles. The van der Waals surface area contributed by atoms with Crippen molar-refractivity contribution in [2.45, 2.75) is 25.7 Å². The first-order valence-corrected chi connectivity index (χ1v) is 12.0. The highest BCUT2D eigenvalue weighted by atomic mass is 19.4. The van der Waals surface area contributed by atoms with Crippen molar-refractivity contribution in [1.29, 1.82) is 0 Å². The zero-order chi connectivity index (χ0) is 27.8. The van der Waals surface area contributed by atoms with E-state index < -0.39 is 29.6 Å². The number of anilines is 1. The number of hydrogen-bond donors (Lipinski definition) is 3. The number of hydrogen-bond acceptors (Lipinski definition) is 6. The summed E-state index contributed by atoms with van der Waals surface area (Å²) >= 11 is 0. The van der Waals surface area contributed by atoms with Gasteiger partial charge in [0, 0.05) is 42.5 Å². The molecule has 4 rings (SSSR count). The van der Waals surface area contributed by atoms with Crippen molar-refractivity contribution in [3.63, 3.8) is 0 Å². The minimum absolute atomic E-state index is 0.0792. The van der Waals surface area contributed by atoms with Crippen LogP contribution in [0.15, 0.2) is 48.9 Å². The number of benzene rings is 2. The van der Waals surface area contributed by atoms with Crippen LogP contribution in [0.1, 0.15) is 18.4 Å². The second kappa shape index (κ2) is 12.8. The first-order valence-electron chi connectivity index (χ1n) is 12.0. The van der Waals surface area contributed by atoms with Gasteiger partial charge in [0.2, 0.25) is 5.75 Å². The SMILES string of the molecule is Fc1cnccc1-c1cc(NCCOCCCCNCc2cc(F)c(OC(F)(F)F)c(F)c2)c2cn[nH]c2c1. The lowest BCUT2D eigenvalue weighted by Crippen LogP contribution is -2.20. The van der Waals surface area contributed by atoms with Gasteiger partial charge in [-0.05, 0) is 60.8 Å². The van der Waals surface area contributed by atoms with Crippen molar-refractivity contribution in [3.8, 4) is 16.9 Å². The number of rotatable bonds is 13. The summed E-state index contributed by atoms with van der Waals surface area (Å²) in [6.45, 7) is 2.01. The Hall–Kier alpha value is -3.84. The van der Waals surface area contributed by atoms with Crippen molar-refractivity contribution in [2.75, 3.05) is 31.6 Å². The summed E-state index contributed by atoms with van der Waals surface area (Å²) in [6, 6.07) is 6.87. The van der Waals surface area contributed by atoms with Crippen LogP contribution in [0, 0.1) is 17.5 Å². The minimum atomic E-state index is -5.18. The lowest BCUT2D eigenvalue weighted by atomic mass is 10.0. The molecule has 3 N–H and O–H groups in total. The Balaban J connectivity index is 1.15. The number of ether oxygens (including phenoxy) is 2. The molecular formula is C26H25F6N5O2. The van der Waals surface area contributed by atoms with E-state index in [0.29, 0.717) is 43.9 Å². The molecule has 2 aromatic carbocycles. The number of aromatic amines is 1. The first kappa shape index (κ1) is 28.2. The van der Waals surface area contributed by atoms with Crippen LogP contribution in [0.2, 0.25) is 0 Å². The molecule has 0 spiro atoms. The smallest absolute Gasteiger partial charge is 0.399 e. The van der Waals surface area contributed by atoms with E-state index >= 15 is 0 Å². The summed E-state index contributed by atoms with van der Waals surface area (Å²) in [5.74, 6) is -4.73. The normalized spacial score (nSPS) is 11.7. The number of unbranched alkanes of at least 4 members (excludes halogenated alkanes) is 1. The van der Waals surface area contributed by atoms with E-state index in [1.807, 2.05) is 12.1 Å². The van der Waals surface area contributed by atoms with Gasteiger partial charge < -0.3 is 20.1 Å². The van der Waals surface area contributed by atoms with Crippen LogP contribution < -0.4 is 15.4 Å². The van der Waals surface area contributed by atoms with Gasteiger partial charge in [-0.3, -0.25) is 10.1 Å². The highest BCUT2D eigenvalue weighted by Gasteiger charge is 2.34. The van der Waals surface area contributed by atoms with Crippen molar-refractivity contribution < 1.29 is 35.8 Å². The van der Waals surface area contributed by atoms with Crippen LogP contribution in [-0.2, 0) is 11.3 Å². The van der Waals surface area contributed by atoms with Gasteiger partial charge in [0.1, 0.15) is 5.82 Å². The summed E-state index contributed by atoms with van der Waals surface area (Å²) in [6.07, 6.45) is 0.625. The second-order valence-electron chi connectivity index (χ2n) is 8.57. The molecule has 0 fully saturated rings. The zero-order valence-corrected chi connectivity index (χ0v) is 20.5. The van der Waals surface area contributed by atoms with Gasteiger partial charge >= 0.3 is 6.36 Å². The molecule has 0 aliphatic carbocycles. The predicted octanol–water partition coefficient (Wildman–Crippen LogP) is 5.94. The molecule has 0 saturated heterocycles. The van der Waals surface area contributed by atoms with Crippen LogP contribution in [0.3, 0.4) is 0 Å². The van der Waals surface area contributed by atoms with Gasteiger partial charge in [0.05, 0.1) is 24.5 Å². The number of pyridine rings is 1. The third-order valence-corrected chi connectivity index (χ3v) is 5.70. The molecule has 7 nitrogen and oxygen atoms in total. The molecule has 39 heavy (non-hydrogen) atoms. The zero-order valence-electron chi connectivity index (χ0n) is 20.5. The fourth-order valence-electron chi connectivity index (χ4n) is 3.94. The molecule has 0 amide bonds. The summed E-state index contributed by atoms with van der Waals surface area (Å²) < 4.78 is 87.5. The summed E-state index contributed by atoms with van der Waals surface area (Å²) in [7, 11) is 0. The van der Waals surface area contributed by atoms with E-state index in [9.17, 15) is 26.3 Å². The van der Waals surface area contributed by atoms with Gasteiger partial charge in [-0.25, -0.2) is 13.2 Å². The Morgan fingerprint density at radius 1 is 0.897 bits per heavy atom. The van der Waals surface area contributed by atoms with Crippen LogP contribution >= 0.6 is 0 Å². The second-order valence-corrected chi connectivity index (χ2v) is 8.57. The van der Waals surface area contributed by atoms with E-state index in [4.69, 9.17) is 4.74 Å². The van der Waals surface area contributed by atoms with Crippen molar-refractivity contribution in [3.05, 3.63) is 71.9 Å². The Bertz CT molecular complexity index is 1370. The van der Waals surface area contributed by atoms with Gasteiger partial charge in [0.15, 0.2) is 11.6 Å². The Labute approximate surface area is 219 Å². The van der Waals surface area contributed by atoms with E-state index in [2.05, 4.69) is 30.6 Å². The third kappa shape index (κ3) is 7.83. The summed E-state index contributed by atoms with van der Waals surface area (Å²) in [4.78, 5) is 3.79. The van der Waals surface area contributed by atoms with E-state index in [1.54, 1.807) is 12.3 Å². The minimum Gasteiger partial charge on any atom is -0.399 e. The highest BCUT2D eigenvalue weighted by Crippen LogP contribution is 2.31. The van der Waals surface area contributed by atoms with Gasteiger partial charge in [-0.2, -0.15) is 5.10 Å². The number of alkyl halides is 3. The topological polar surface area (TPSA) is 84.1 Å². The Morgan fingerprint density at radius 2 is 1.69 bits per heavy atom. The molecular weight excluding hydrogens is 528 g/mol. The van der Waals surface area contributed by atoms with Crippen LogP contribution in [0.25, 0.3) is 22.0 Å². The highest BCUT2D eigenvalue weighted by molar-refractivity contribution is 5.95. The number of nitrogens with zero attached hydrogens (tertiary/aromatic N) is 2. The van der Waals surface area contributed by atoms with Gasteiger partial charge in [-0.15, -0.1) is 13.2 Å². The maximum atomic E-state index is 14.2. The summed E-state index contributed by atoms with van der Waals surface area (Å²) in [5, 5.41) is 14.1. The Morgan fingerprint density at radius 3 is 2.44 bits per heavy atom. The quantitative estimate of drug-likeness (QED) is 0.140. The van der Waals surface area contributed by atoms with Crippen LogP contribution in [0.5, 0.6) is 5.75 Å². The molecule has 208 valence electrons. The number of fused-ring (bicyclic) bond motifs is 1. The molecule has 0 atom stereocenters. The number of aromatic nitrogens is 3. The van der Waals surface area contributed by atoms with Crippen LogP contribution in [-0.4, -0.2) is 47.8 Å². The average Bonchev–Trinajstić information content (AvgIpc) is 3.36. The van der Waals surface area contributed by atoms with Crippen LogP contribution in [0.4, 0.5) is 32.0 Å². The average molecular weight is 554 g/mol. The molecule has 4 aromatic rings. The number of halogens is 6. The van der Waals surface area contributed by atoms with E-state index in [0.717, 1.165) is 41.3 Å². The maximum Gasteiger partial charge on any atom is 0.573 e. The lowest BCUT2D eigenvalue weighted by molar-refractivity contribution is -0.276. The standard InChI is InChI=1S/C26H25F6N5O2/c27-20-9-16(10-21(28)25(20)39-26(30,31)32)13-33-4-1-2-7-38-8-6-35-23-11-17(12-24-19(23)14-36-37-24)18-3-5-34-15-22(18)29/h3,5,9-12,14-15,33,35H,1-2,4,6-8,13H2,(H,36,37). The molecule has 0 aliphatic rings. The van der Waals surface area contributed by atoms with Gasteiger partial charge in [-0.1, -0.05) is 0 Å². The number of nitrogens with one attached hydrogen (secondary N) is 3. The molecule has 0 bridgehead atoms. The fourth-order valence-corrected chi connectivity index (χ4v) is 3.94. The van der Waals surface area contributed by atoms with E-state index in [1.165, 1.54) is 6.20 Å². The van der Waals surface area contributed by atoms with Crippen molar-refractivity contribution in [2.24, 2.45) is 0 Å². The monoisotopic (exact) mass is 553 g/mol. The van der Waals surface area contributed by atoms with Crippen molar-refractivity contribution >= 4 is 16.6 Å². The molecule has 2 heterocycles. The fraction of sp³-hybridized carbons (Fsp3) is 0.308. The molecule has 13 heteroatoms. The Kier molecular flexibility index (Phi) is 9.25. The predicted molar refractivity (Wildman–Crippen MR) is 133 cm³/mol. The largest absolute Gasteiger partial charge is 0.573 e. The lowest BCUT2D eigenvalue weighted by Gasteiger charge is -2.12. The molecule has 0 aliphatic heterocycles. The third-order valence-electron chi connectivity index (χ3n) is 5.70. The maximum absolute atomic E-state index is 14.2.